The fraction of sp³-hybridized carbons (Fsp3) is 0.333. The van der Waals surface area contributed by atoms with E-state index < -0.39 is 0 Å². The third-order valence-corrected chi connectivity index (χ3v) is 3.81. The molecule has 0 radical (unpaired) electrons. The summed E-state index contributed by atoms with van der Waals surface area (Å²) in [7, 11) is 0. The first-order chi connectivity index (χ1) is 9.62. The van der Waals surface area contributed by atoms with Gasteiger partial charge in [0, 0.05) is 0 Å². The van der Waals surface area contributed by atoms with Crippen molar-refractivity contribution in [2.24, 2.45) is 0 Å². The summed E-state index contributed by atoms with van der Waals surface area (Å²) in [6, 6.07) is 9.65. The molecule has 0 aromatic heterocycles. The lowest BCUT2D eigenvalue weighted by Crippen LogP contribution is -1.96. The third-order valence-electron chi connectivity index (χ3n) is 3.81. The minimum Gasteiger partial charge on any atom is -0.507 e. The molecule has 0 unspecified atom stereocenters. The van der Waals surface area contributed by atoms with Gasteiger partial charge >= 0.3 is 0 Å². The predicted octanol–water partition coefficient (Wildman–Crippen LogP) is 4.45. The van der Waals surface area contributed by atoms with E-state index in [0.717, 1.165) is 41.5 Å². The molecule has 0 fully saturated rings. The predicted molar refractivity (Wildman–Crippen MR) is 83.3 cm³/mol. The summed E-state index contributed by atoms with van der Waals surface area (Å²) >= 11 is 0. The molecule has 0 aliphatic heterocycles. The monoisotopic (exact) mass is 270 g/mol. The molecular weight excluding hydrogens is 248 g/mol. The van der Waals surface area contributed by atoms with E-state index in [2.05, 4.69) is 26.0 Å². The highest BCUT2D eigenvalue weighted by Gasteiger charge is 2.17. The number of hydrogen-bond acceptors (Lipinski definition) is 2. The molecule has 0 amide bonds. The highest BCUT2D eigenvalue weighted by atomic mass is 16.3. The molecular formula is C18H22O2. The Hall–Kier alpha value is -1.96. The highest BCUT2D eigenvalue weighted by molar-refractivity contribution is 5.81. The van der Waals surface area contributed by atoms with Crippen molar-refractivity contribution in [1.29, 1.82) is 0 Å². The Balaban J connectivity index is 2.74. The van der Waals surface area contributed by atoms with Gasteiger partial charge in [-0.05, 0) is 53.6 Å². The minimum absolute atomic E-state index is 0.164. The van der Waals surface area contributed by atoms with E-state index >= 15 is 0 Å². The SMILES string of the molecule is CCc1cc(O)c(-c2c(CC)cccc2CC)c(O)c1. The number of hydrogen-bond donors (Lipinski definition) is 2. The van der Waals surface area contributed by atoms with Crippen LogP contribution in [0.25, 0.3) is 11.1 Å². The zero-order valence-corrected chi connectivity index (χ0v) is 12.4. The van der Waals surface area contributed by atoms with E-state index in [1.54, 1.807) is 12.1 Å². The van der Waals surface area contributed by atoms with Gasteiger partial charge in [-0.2, -0.15) is 0 Å². The van der Waals surface area contributed by atoms with E-state index in [0.29, 0.717) is 5.56 Å². The maximum Gasteiger partial charge on any atom is 0.127 e. The molecule has 0 heterocycles. The Labute approximate surface area is 120 Å². The van der Waals surface area contributed by atoms with Gasteiger partial charge in [-0.1, -0.05) is 39.0 Å². The van der Waals surface area contributed by atoms with E-state index in [1.165, 1.54) is 0 Å². The third kappa shape index (κ3) is 2.51. The molecule has 0 spiro atoms. The van der Waals surface area contributed by atoms with E-state index in [9.17, 15) is 10.2 Å². The minimum atomic E-state index is 0.164. The van der Waals surface area contributed by atoms with Crippen molar-refractivity contribution in [1.82, 2.24) is 0 Å². The molecule has 2 heteroatoms. The van der Waals surface area contributed by atoms with Crippen LogP contribution in [0.3, 0.4) is 0 Å². The van der Waals surface area contributed by atoms with Gasteiger partial charge in [0.25, 0.3) is 0 Å². The molecule has 2 N–H and O–H groups in total. The average Bonchev–Trinajstić information content (AvgIpc) is 2.46. The van der Waals surface area contributed by atoms with Crippen LogP contribution in [0.4, 0.5) is 0 Å². The van der Waals surface area contributed by atoms with Crippen molar-refractivity contribution in [3.63, 3.8) is 0 Å². The molecule has 106 valence electrons. The number of rotatable bonds is 4. The Morgan fingerprint density at radius 2 is 1.25 bits per heavy atom. The summed E-state index contributed by atoms with van der Waals surface area (Å²) in [6.45, 7) is 6.19. The van der Waals surface area contributed by atoms with Crippen molar-refractivity contribution >= 4 is 0 Å². The Morgan fingerprint density at radius 1 is 0.750 bits per heavy atom. The van der Waals surface area contributed by atoms with E-state index in [1.807, 2.05) is 13.0 Å². The van der Waals surface area contributed by atoms with Crippen LogP contribution in [0.15, 0.2) is 30.3 Å². The molecule has 2 nitrogen and oxygen atoms in total. The van der Waals surface area contributed by atoms with Crippen LogP contribution in [-0.2, 0) is 19.3 Å². The molecule has 0 aliphatic carbocycles. The quantitative estimate of drug-likeness (QED) is 0.861. The highest BCUT2D eigenvalue weighted by Crippen LogP contribution is 2.42. The normalized spacial score (nSPS) is 10.8. The lowest BCUT2D eigenvalue weighted by atomic mass is 9.90. The van der Waals surface area contributed by atoms with Crippen LogP contribution >= 0.6 is 0 Å². The van der Waals surface area contributed by atoms with Crippen molar-refractivity contribution in [2.45, 2.75) is 40.0 Å². The molecule has 0 bridgehead atoms. The molecule has 0 aliphatic rings. The van der Waals surface area contributed by atoms with Gasteiger partial charge in [0.2, 0.25) is 0 Å². The maximum atomic E-state index is 10.3. The van der Waals surface area contributed by atoms with Gasteiger partial charge in [-0.3, -0.25) is 0 Å². The zero-order valence-electron chi connectivity index (χ0n) is 12.4. The smallest absolute Gasteiger partial charge is 0.127 e. The lowest BCUT2D eigenvalue weighted by Gasteiger charge is -2.16. The van der Waals surface area contributed by atoms with Crippen molar-refractivity contribution in [2.75, 3.05) is 0 Å². The number of aromatic hydroxyl groups is 2. The first kappa shape index (κ1) is 14.4. The van der Waals surface area contributed by atoms with Crippen molar-refractivity contribution in [3.05, 3.63) is 47.0 Å². The van der Waals surface area contributed by atoms with Gasteiger partial charge in [-0.25, -0.2) is 0 Å². The van der Waals surface area contributed by atoms with Gasteiger partial charge in [-0.15, -0.1) is 0 Å². The van der Waals surface area contributed by atoms with Crippen LogP contribution in [0.2, 0.25) is 0 Å². The summed E-state index contributed by atoms with van der Waals surface area (Å²) < 4.78 is 0. The van der Waals surface area contributed by atoms with Gasteiger partial charge < -0.3 is 10.2 Å². The summed E-state index contributed by atoms with van der Waals surface area (Å²) in [5, 5.41) is 20.7. The summed E-state index contributed by atoms with van der Waals surface area (Å²) in [5.41, 5.74) is 4.79. The molecule has 0 saturated carbocycles. The molecule has 0 saturated heterocycles. The van der Waals surface area contributed by atoms with Gasteiger partial charge in [0.1, 0.15) is 11.5 Å². The second-order valence-electron chi connectivity index (χ2n) is 5.02. The van der Waals surface area contributed by atoms with E-state index in [-0.39, 0.29) is 11.5 Å². The number of phenolic OH excluding ortho intramolecular Hbond substituents is 2. The maximum absolute atomic E-state index is 10.3. The Kier molecular flexibility index (Phi) is 4.33. The first-order valence-corrected chi connectivity index (χ1v) is 7.28. The standard InChI is InChI=1S/C18H22O2/c1-4-12-10-15(19)18(16(20)11-12)17-13(5-2)8-7-9-14(17)6-3/h7-11,19-20H,4-6H2,1-3H3. The molecule has 2 aromatic rings. The summed E-state index contributed by atoms with van der Waals surface area (Å²) in [4.78, 5) is 0. The largest absolute Gasteiger partial charge is 0.507 e. The Morgan fingerprint density at radius 3 is 1.65 bits per heavy atom. The fourth-order valence-electron chi connectivity index (χ4n) is 2.69. The van der Waals surface area contributed by atoms with Crippen LogP contribution in [0.1, 0.15) is 37.5 Å². The van der Waals surface area contributed by atoms with Crippen LogP contribution in [-0.4, -0.2) is 10.2 Å². The number of benzene rings is 2. The average molecular weight is 270 g/mol. The summed E-state index contributed by atoms with van der Waals surface area (Å²) in [6.07, 6.45) is 2.53. The Bertz CT molecular complexity index is 570. The first-order valence-electron chi connectivity index (χ1n) is 7.28. The van der Waals surface area contributed by atoms with E-state index in [4.69, 9.17) is 0 Å². The van der Waals surface area contributed by atoms with Gasteiger partial charge in [0.15, 0.2) is 0 Å². The summed E-state index contributed by atoms with van der Waals surface area (Å²) in [5.74, 6) is 0.329. The van der Waals surface area contributed by atoms with Crippen LogP contribution in [0, 0.1) is 0 Å². The number of aryl methyl sites for hydroxylation is 3. The topological polar surface area (TPSA) is 40.5 Å². The van der Waals surface area contributed by atoms with Crippen LogP contribution in [0.5, 0.6) is 11.5 Å². The molecule has 20 heavy (non-hydrogen) atoms. The molecule has 2 aromatic carbocycles. The van der Waals surface area contributed by atoms with Gasteiger partial charge in [0.05, 0.1) is 5.56 Å². The molecule has 0 atom stereocenters. The lowest BCUT2D eigenvalue weighted by molar-refractivity contribution is 0.453. The fourth-order valence-corrected chi connectivity index (χ4v) is 2.69. The van der Waals surface area contributed by atoms with Crippen LogP contribution < -0.4 is 0 Å². The van der Waals surface area contributed by atoms with Crippen molar-refractivity contribution < 1.29 is 10.2 Å². The van der Waals surface area contributed by atoms with Crippen molar-refractivity contribution in [3.8, 4) is 22.6 Å². The zero-order chi connectivity index (χ0) is 14.7. The number of phenols is 2. The molecule has 2 rings (SSSR count). The second kappa shape index (κ2) is 6.00. The second-order valence-corrected chi connectivity index (χ2v) is 5.02.